The summed E-state index contributed by atoms with van der Waals surface area (Å²) in [5.41, 5.74) is 4.09. The van der Waals surface area contributed by atoms with Crippen molar-refractivity contribution in [2.75, 3.05) is 0 Å². The third-order valence-corrected chi connectivity index (χ3v) is 3.21. The predicted octanol–water partition coefficient (Wildman–Crippen LogP) is 2.74. The maximum Gasteiger partial charge on any atom is 0.163 e. The highest BCUT2D eigenvalue weighted by Gasteiger charge is 2.35. The van der Waals surface area contributed by atoms with Crippen LogP contribution in [0.2, 0.25) is 0 Å². The van der Waals surface area contributed by atoms with E-state index in [4.69, 9.17) is 0 Å². The van der Waals surface area contributed by atoms with E-state index in [0.717, 1.165) is 18.4 Å². The lowest BCUT2D eigenvalue weighted by atomic mass is 10.0. The molecule has 0 atom stereocenters. The molecule has 0 saturated heterocycles. The second kappa shape index (κ2) is 3.76. The number of allylic oxidation sites excluding steroid dienone is 4. The fraction of sp³-hybridized carbons (Fsp3) is 0.538. The Hall–Kier alpha value is -1.18. The Labute approximate surface area is 90.1 Å². The van der Waals surface area contributed by atoms with Crippen LogP contribution >= 0.6 is 0 Å². The van der Waals surface area contributed by atoms with Gasteiger partial charge in [0.2, 0.25) is 0 Å². The van der Waals surface area contributed by atoms with Crippen molar-refractivity contribution in [3.63, 3.8) is 0 Å². The Morgan fingerprint density at radius 3 is 1.73 bits per heavy atom. The third-order valence-electron chi connectivity index (χ3n) is 3.21. The van der Waals surface area contributed by atoms with Gasteiger partial charge in [0.05, 0.1) is 5.57 Å². The van der Waals surface area contributed by atoms with Gasteiger partial charge in [-0.3, -0.25) is 9.59 Å². The van der Waals surface area contributed by atoms with Gasteiger partial charge in [-0.15, -0.1) is 0 Å². The molecule has 0 bridgehead atoms. The third kappa shape index (κ3) is 1.81. The number of hydrogen-bond acceptors (Lipinski definition) is 2. The van der Waals surface area contributed by atoms with Crippen LogP contribution in [-0.4, -0.2) is 11.6 Å². The maximum absolute atomic E-state index is 11.4. The molecule has 80 valence electrons. The molecule has 0 fully saturated rings. The Kier molecular flexibility index (Phi) is 2.59. The van der Waals surface area contributed by atoms with Crippen molar-refractivity contribution in [2.45, 2.75) is 46.0 Å². The molecule has 0 aromatic carbocycles. The minimum Gasteiger partial charge on any atom is -0.294 e. The molecule has 0 N–H and O–H groups in total. The number of ketones is 2. The SMILES string of the molecule is CC(=O)C(C(C)=O)=C1C2=C1CCCCC2. The fourth-order valence-corrected chi connectivity index (χ4v) is 2.50. The van der Waals surface area contributed by atoms with Crippen molar-refractivity contribution in [3.05, 3.63) is 22.3 Å². The minimum absolute atomic E-state index is 0.0782. The van der Waals surface area contributed by atoms with Gasteiger partial charge in [-0.05, 0) is 56.3 Å². The van der Waals surface area contributed by atoms with Gasteiger partial charge in [0, 0.05) is 0 Å². The number of rotatable bonds is 2. The average molecular weight is 204 g/mol. The van der Waals surface area contributed by atoms with E-state index in [1.165, 1.54) is 44.3 Å². The molecule has 2 heteroatoms. The van der Waals surface area contributed by atoms with Crippen molar-refractivity contribution >= 4 is 11.6 Å². The molecule has 0 unspecified atom stereocenters. The summed E-state index contributed by atoms with van der Waals surface area (Å²) in [6.45, 7) is 2.98. The van der Waals surface area contributed by atoms with E-state index < -0.39 is 0 Å². The summed E-state index contributed by atoms with van der Waals surface area (Å²) in [6, 6.07) is 0. The molecule has 0 aromatic heterocycles. The molecule has 0 spiro atoms. The van der Waals surface area contributed by atoms with Gasteiger partial charge in [0.25, 0.3) is 0 Å². The predicted molar refractivity (Wildman–Crippen MR) is 58.5 cm³/mol. The van der Waals surface area contributed by atoms with E-state index in [2.05, 4.69) is 0 Å². The molecule has 0 saturated carbocycles. The van der Waals surface area contributed by atoms with Crippen molar-refractivity contribution < 1.29 is 9.59 Å². The standard InChI is InChI=1S/C13H16O2/c1-8(14)12(9(2)15)13-10-6-4-3-5-7-11(10)13/h3-7H2,1-2H3. The lowest BCUT2D eigenvalue weighted by Crippen LogP contribution is -2.07. The first-order valence-electron chi connectivity index (χ1n) is 5.62. The van der Waals surface area contributed by atoms with Crippen molar-refractivity contribution in [2.24, 2.45) is 0 Å². The number of carbonyl (C=O) groups excluding carboxylic acids is 2. The van der Waals surface area contributed by atoms with Crippen molar-refractivity contribution in [1.82, 2.24) is 0 Å². The molecule has 2 aliphatic carbocycles. The molecular weight excluding hydrogens is 188 g/mol. The Bertz CT molecular complexity index is 363. The molecule has 2 rings (SSSR count). The molecule has 0 amide bonds. The topological polar surface area (TPSA) is 34.1 Å². The highest BCUT2D eigenvalue weighted by Crippen LogP contribution is 2.49. The first-order chi connectivity index (χ1) is 7.13. The zero-order chi connectivity index (χ0) is 11.0. The highest BCUT2D eigenvalue weighted by atomic mass is 16.1. The van der Waals surface area contributed by atoms with Crippen LogP contribution in [-0.2, 0) is 9.59 Å². The van der Waals surface area contributed by atoms with Crippen LogP contribution in [0.25, 0.3) is 0 Å². The van der Waals surface area contributed by atoms with E-state index in [-0.39, 0.29) is 11.6 Å². The summed E-state index contributed by atoms with van der Waals surface area (Å²) in [7, 11) is 0. The molecule has 0 heterocycles. The Morgan fingerprint density at radius 2 is 1.33 bits per heavy atom. The normalized spacial score (nSPS) is 19.5. The fourth-order valence-electron chi connectivity index (χ4n) is 2.50. The van der Waals surface area contributed by atoms with Crippen LogP contribution in [0.5, 0.6) is 0 Å². The molecule has 0 radical (unpaired) electrons. The van der Waals surface area contributed by atoms with Crippen LogP contribution in [0.4, 0.5) is 0 Å². The molecule has 0 aliphatic heterocycles. The first kappa shape index (κ1) is 10.3. The first-order valence-corrected chi connectivity index (χ1v) is 5.62. The van der Waals surface area contributed by atoms with E-state index in [1.54, 1.807) is 0 Å². The van der Waals surface area contributed by atoms with Gasteiger partial charge in [-0.1, -0.05) is 6.42 Å². The van der Waals surface area contributed by atoms with E-state index in [1.807, 2.05) is 0 Å². The van der Waals surface area contributed by atoms with E-state index in [9.17, 15) is 9.59 Å². The van der Waals surface area contributed by atoms with Gasteiger partial charge in [0.15, 0.2) is 11.6 Å². The molecular formula is C13H16O2. The average Bonchev–Trinajstić information content (AvgIpc) is 2.81. The molecule has 0 aromatic rings. The van der Waals surface area contributed by atoms with Crippen LogP contribution in [0.1, 0.15) is 46.0 Å². The summed E-state index contributed by atoms with van der Waals surface area (Å²) in [5, 5.41) is 0. The number of carbonyl (C=O) groups is 2. The summed E-state index contributed by atoms with van der Waals surface area (Å²) < 4.78 is 0. The number of hydrogen-bond donors (Lipinski definition) is 0. The number of Topliss-reactive ketones (excluding diaryl/α,β-unsaturated/α-hetero) is 2. The lowest BCUT2D eigenvalue weighted by molar-refractivity contribution is -0.119. The largest absolute Gasteiger partial charge is 0.294 e. The molecule has 2 nitrogen and oxygen atoms in total. The zero-order valence-electron chi connectivity index (χ0n) is 9.35. The smallest absolute Gasteiger partial charge is 0.163 e. The summed E-state index contributed by atoms with van der Waals surface area (Å²) in [4.78, 5) is 22.8. The maximum atomic E-state index is 11.4. The Balaban J connectivity index is 2.29. The summed E-state index contributed by atoms with van der Waals surface area (Å²) in [5.74, 6) is -0.156. The molecule has 15 heavy (non-hydrogen) atoms. The van der Waals surface area contributed by atoms with Crippen LogP contribution in [0.3, 0.4) is 0 Å². The van der Waals surface area contributed by atoms with E-state index in [0.29, 0.717) is 5.57 Å². The summed E-state index contributed by atoms with van der Waals surface area (Å²) in [6.07, 6.45) is 5.80. The van der Waals surface area contributed by atoms with Gasteiger partial charge >= 0.3 is 0 Å². The quantitative estimate of drug-likeness (QED) is 0.394. The van der Waals surface area contributed by atoms with Crippen LogP contribution < -0.4 is 0 Å². The van der Waals surface area contributed by atoms with Crippen molar-refractivity contribution in [3.8, 4) is 0 Å². The van der Waals surface area contributed by atoms with Gasteiger partial charge in [-0.25, -0.2) is 0 Å². The second-order valence-electron chi connectivity index (χ2n) is 4.38. The summed E-state index contributed by atoms with van der Waals surface area (Å²) >= 11 is 0. The zero-order valence-corrected chi connectivity index (χ0v) is 9.35. The Morgan fingerprint density at radius 1 is 0.867 bits per heavy atom. The highest BCUT2D eigenvalue weighted by molar-refractivity contribution is 6.21. The lowest BCUT2D eigenvalue weighted by Gasteiger charge is -2.01. The molecule has 2 aliphatic rings. The van der Waals surface area contributed by atoms with Gasteiger partial charge in [-0.2, -0.15) is 0 Å². The van der Waals surface area contributed by atoms with E-state index >= 15 is 0 Å². The second-order valence-corrected chi connectivity index (χ2v) is 4.38. The van der Waals surface area contributed by atoms with Crippen LogP contribution in [0, 0.1) is 0 Å². The van der Waals surface area contributed by atoms with Crippen molar-refractivity contribution in [1.29, 1.82) is 0 Å². The van der Waals surface area contributed by atoms with Crippen LogP contribution in [0.15, 0.2) is 22.3 Å². The van der Waals surface area contributed by atoms with Gasteiger partial charge < -0.3 is 0 Å². The minimum atomic E-state index is -0.0782. The van der Waals surface area contributed by atoms with Gasteiger partial charge in [0.1, 0.15) is 0 Å². The monoisotopic (exact) mass is 204 g/mol.